The molecule has 10 heteroatoms. The van der Waals surface area contributed by atoms with Crippen molar-refractivity contribution in [3.63, 3.8) is 0 Å². The molecule has 0 saturated heterocycles. The van der Waals surface area contributed by atoms with Gasteiger partial charge in [0.25, 0.3) is 11.6 Å². The van der Waals surface area contributed by atoms with Crippen molar-refractivity contribution in [1.29, 1.82) is 0 Å². The van der Waals surface area contributed by atoms with Gasteiger partial charge in [-0.15, -0.1) is 0 Å². The first-order chi connectivity index (χ1) is 12.1. The highest BCUT2D eigenvalue weighted by molar-refractivity contribution is 6.01. The number of hydrogen-bond donors (Lipinski definition) is 4. The molecule has 0 aliphatic carbocycles. The van der Waals surface area contributed by atoms with E-state index in [0.29, 0.717) is 5.56 Å². The summed E-state index contributed by atoms with van der Waals surface area (Å²) in [5.74, 6) is -4.49. The molecule has 1 aromatic rings. The van der Waals surface area contributed by atoms with Crippen LogP contribution in [0.25, 0.3) is 0 Å². The van der Waals surface area contributed by atoms with Gasteiger partial charge in [0.1, 0.15) is 12.0 Å². The topological polar surface area (TPSA) is 159 Å². The Morgan fingerprint density at radius 3 is 2.15 bits per heavy atom. The first kappa shape index (κ1) is 21.0. The van der Waals surface area contributed by atoms with E-state index in [2.05, 4.69) is 5.32 Å². The van der Waals surface area contributed by atoms with E-state index in [1.165, 1.54) is 29.7 Å². The quantitative estimate of drug-likeness (QED) is 0.218. The highest BCUT2D eigenvalue weighted by atomic mass is 16.6. The molecule has 0 radical (unpaired) electrons. The van der Waals surface area contributed by atoms with Gasteiger partial charge in [-0.3, -0.25) is 24.9 Å². The van der Waals surface area contributed by atoms with E-state index in [1.807, 2.05) is 0 Å². The molecule has 1 rings (SSSR count). The summed E-state index contributed by atoms with van der Waals surface area (Å²) in [6.45, 7) is 3.58. The molecule has 0 saturated carbocycles. The third-order valence-electron chi connectivity index (χ3n) is 3.65. The minimum Gasteiger partial charge on any atom is -0.480 e. The number of nitrogens with zero attached hydrogens (tertiary/aromatic N) is 1. The summed E-state index contributed by atoms with van der Waals surface area (Å²) < 4.78 is 0. The number of hydrogen-bond acceptors (Lipinski definition) is 6. The summed E-state index contributed by atoms with van der Waals surface area (Å²) >= 11 is 0. The molecule has 2 atom stereocenters. The average molecular weight is 367 g/mol. The molecule has 0 aromatic heterocycles. The number of carbonyl (C=O) groups excluding carboxylic acids is 2. The van der Waals surface area contributed by atoms with Crippen LogP contribution in [0.15, 0.2) is 24.3 Å². The van der Waals surface area contributed by atoms with Crippen molar-refractivity contribution in [2.45, 2.75) is 32.7 Å². The lowest BCUT2D eigenvalue weighted by atomic mass is 9.96. The maximum absolute atomic E-state index is 12.4. The number of non-ortho nitro benzene ring substituents is 1. The summed E-state index contributed by atoms with van der Waals surface area (Å²) in [6.07, 6.45) is 0.0102. The maximum Gasteiger partial charge on any atom is 0.326 e. The Morgan fingerprint density at radius 2 is 1.73 bits per heavy atom. The highest BCUT2D eigenvalue weighted by Crippen LogP contribution is 2.16. The number of rotatable bonds is 9. The maximum atomic E-state index is 12.4. The van der Waals surface area contributed by atoms with Crippen molar-refractivity contribution in [3.05, 3.63) is 39.9 Å². The monoisotopic (exact) mass is 367 g/mol. The fraction of sp³-hybridized carbons (Fsp3) is 0.438. The van der Waals surface area contributed by atoms with Crippen molar-refractivity contribution < 1.29 is 29.6 Å². The van der Waals surface area contributed by atoms with Crippen LogP contribution >= 0.6 is 0 Å². The Balaban J connectivity index is 2.94. The number of carbonyl (C=O) groups is 3. The van der Waals surface area contributed by atoms with Crippen LogP contribution in [0.2, 0.25) is 0 Å². The molecular formula is C16H21N3O7. The second-order valence-corrected chi connectivity index (χ2v) is 6.19. The standard InChI is InChI=1S/C16H21N3O7/c1-9(2)7-13(16(22)23)17-14(20)12(15(21)18-24)8-10-3-5-11(6-4-10)19(25)26/h3-6,9,12-13,24H,7-8H2,1-2H3,(H,17,20)(H,18,21)(H,22,23)/t12?,13-/m0/s1. The van der Waals surface area contributed by atoms with Gasteiger partial charge in [0, 0.05) is 12.1 Å². The van der Waals surface area contributed by atoms with E-state index >= 15 is 0 Å². The van der Waals surface area contributed by atoms with E-state index in [-0.39, 0.29) is 24.4 Å². The normalized spacial score (nSPS) is 12.9. The zero-order valence-corrected chi connectivity index (χ0v) is 14.3. The molecule has 0 bridgehead atoms. The molecule has 0 fully saturated rings. The SMILES string of the molecule is CC(C)C[C@H](NC(=O)C(Cc1ccc([N+](=O)[O-])cc1)C(=O)NO)C(=O)O. The number of nitro benzene ring substituents is 1. The van der Waals surface area contributed by atoms with Gasteiger partial charge in [0.05, 0.1) is 4.92 Å². The minimum absolute atomic E-state index is 0.00353. The Hall–Kier alpha value is -3.01. The largest absolute Gasteiger partial charge is 0.480 e. The van der Waals surface area contributed by atoms with Crippen molar-refractivity contribution in [1.82, 2.24) is 10.8 Å². The Morgan fingerprint density at radius 1 is 1.15 bits per heavy atom. The van der Waals surface area contributed by atoms with Crippen molar-refractivity contribution in [2.24, 2.45) is 11.8 Å². The fourth-order valence-corrected chi connectivity index (χ4v) is 2.34. The van der Waals surface area contributed by atoms with Crippen LogP contribution in [-0.4, -0.2) is 39.1 Å². The van der Waals surface area contributed by atoms with Crippen LogP contribution < -0.4 is 10.8 Å². The van der Waals surface area contributed by atoms with Crippen molar-refractivity contribution >= 4 is 23.5 Å². The average Bonchev–Trinajstić information content (AvgIpc) is 2.58. The molecular weight excluding hydrogens is 346 g/mol. The smallest absolute Gasteiger partial charge is 0.326 e. The fourth-order valence-electron chi connectivity index (χ4n) is 2.34. The van der Waals surface area contributed by atoms with Crippen LogP contribution in [0.4, 0.5) is 5.69 Å². The number of amides is 2. The Bertz CT molecular complexity index is 673. The van der Waals surface area contributed by atoms with Gasteiger partial charge < -0.3 is 10.4 Å². The molecule has 0 spiro atoms. The molecule has 10 nitrogen and oxygen atoms in total. The molecule has 0 aliphatic heterocycles. The molecule has 26 heavy (non-hydrogen) atoms. The van der Waals surface area contributed by atoms with E-state index in [9.17, 15) is 29.6 Å². The number of aliphatic carboxylic acids is 1. The van der Waals surface area contributed by atoms with E-state index in [1.54, 1.807) is 13.8 Å². The molecule has 0 heterocycles. The second-order valence-electron chi connectivity index (χ2n) is 6.19. The molecule has 1 aromatic carbocycles. The number of nitro groups is 1. The van der Waals surface area contributed by atoms with Gasteiger partial charge in [-0.1, -0.05) is 26.0 Å². The predicted molar refractivity (Wildman–Crippen MR) is 89.2 cm³/mol. The zero-order valence-electron chi connectivity index (χ0n) is 14.3. The number of carboxylic acid groups (broad SMARTS) is 1. The third kappa shape index (κ3) is 6.13. The van der Waals surface area contributed by atoms with E-state index < -0.39 is 34.7 Å². The van der Waals surface area contributed by atoms with Gasteiger partial charge in [-0.2, -0.15) is 0 Å². The van der Waals surface area contributed by atoms with Gasteiger partial charge in [-0.25, -0.2) is 10.3 Å². The van der Waals surface area contributed by atoms with Gasteiger partial charge in [0.15, 0.2) is 0 Å². The Kier molecular flexibility index (Phi) is 7.66. The van der Waals surface area contributed by atoms with Crippen molar-refractivity contribution in [2.75, 3.05) is 0 Å². The van der Waals surface area contributed by atoms with E-state index in [0.717, 1.165) is 0 Å². The first-order valence-electron chi connectivity index (χ1n) is 7.86. The number of hydroxylamine groups is 1. The lowest BCUT2D eigenvalue weighted by Crippen LogP contribution is -2.48. The highest BCUT2D eigenvalue weighted by Gasteiger charge is 2.31. The van der Waals surface area contributed by atoms with Crippen LogP contribution in [0, 0.1) is 22.0 Å². The summed E-state index contributed by atoms with van der Waals surface area (Å²) in [5.41, 5.74) is 1.67. The molecule has 1 unspecified atom stereocenters. The van der Waals surface area contributed by atoms with Crippen LogP contribution in [0.1, 0.15) is 25.8 Å². The molecule has 2 amide bonds. The zero-order chi connectivity index (χ0) is 19.9. The number of nitrogens with one attached hydrogen (secondary N) is 2. The lowest BCUT2D eigenvalue weighted by molar-refractivity contribution is -0.384. The first-order valence-corrected chi connectivity index (χ1v) is 7.86. The van der Waals surface area contributed by atoms with Crippen molar-refractivity contribution in [3.8, 4) is 0 Å². The predicted octanol–water partition coefficient (Wildman–Crippen LogP) is 0.874. The number of benzene rings is 1. The third-order valence-corrected chi connectivity index (χ3v) is 3.65. The summed E-state index contributed by atoms with van der Waals surface area (Å²) in [4.78, 5) is 45.5. The summed E-state index contributed by atoms with van der Waals surface area (Å²) in [7, 11) is 0. The van der Waals surface area contributed by atoms with E-state index in [4.69, 9.17) is 5.21 Å². The molecule has 142 valence electrons. The second kappa shape index (κ2) is 9.47. The summed E-state index contributed by atoms with van der Waals surface area (Å²) in [6, 6.07) is 4.03. The van der Waals surface area contributed by atoms with Gasteiger partial charge in [-0.05, 0) is 24.3 Å². The molecule has 4 N–H and O–H groups in total. The lowest BCUT2D eigenvalue weighted by Gasteiger charge is -2.20. The van der Waals surface area contributed by atoms with Gasteiger partial charge >= 0.3 is 5.97 Å². The summed E-state index contributed by atoms with van der Waals surface area (Å²) in [5, 5.41) is 31.0. The Labute approximate surface area is 149 Å². The number of carboxylic acids is 1. The van der Waals surface area contributed by atoms with Crippen LogP contribution in [0.5, 0.6) is 0 Å². The van der Waals surface area contributed by atoms with Crippen LogP contribution in [-0.2, 0) is 20.8 Å². The van der Waals surface area contributed by atoms with Crippen LogP contribution in [0.3, 0.4) is 0 Å². The van der Waals surface area contributed by atoms with Gasteiger partial charge in [0.2, 0.25) is 5.91 Å². The molecule has 0 aliphatic rings. The minimum atomic E-state index is -1.39.